The average Bonchev–Trinajstić information content (AvgIpc) is 2.39. The molecular formula is C15H13ClO3. The predicted octanol–water partition coefficient (Wildman–Crippen LogP) is 4.10. The number of para-hydroxylation sites is 1. The third-order valence-electron chi connectivity index (χ3n) is 2.69. The van der Waals surface area contributed by atoms with Crippen LogP contribution in [0.25, 0.3) is 11.1 Å². The second-order valence-electron chi connectivity index (χ2n) is 3.92. The summed E-state index contributed by atoms with van der Waals surface area (Å²) in [5.41, 5.74) is 1.49. The molecular weight excluding hydrogens is 264 g/mol. The van der Waals surface area contributed by atoms with Crippen LogP contribution in [0.15, 0.2) is 42.5 Å². The van der Waals surface area contributed by atoms with E-state index in [1.807, 2.05) is 31.2 Å². The van der Waals surface area contributed by atoms with E-state index in [0.29, 0.717) is 22.9 Å². The van der Waals surface area contributed by atoms with E-state index in [4.69, 9.17) is 16.3 Å². The molecule has 0 amide bonds. The summed E-state index contributed by atoms with van der Waals surface area (Å²) in [5, 5.41) is 9.75. The Hall–Kier alpha value is -2.00. The maximum Gasteiger partial charge on any atom is 0.336 e. The van der Waals surface area contributed by atoms with Gasteiger partial charge in [0.1, 0.15) is 5.75 Å². The number of halogens is 1. The van der Waals surface area contributed by atoms with Crippen molar-refractivity contribution in [3.8, 4) is 16.9 Å². The summed E-state index contributed by atoms with van der Waals surface area (Å²) in [4.78, 5) is 11.3. The first-order chi connectivity index (χ1) is 9.13. The molecule has 0 aliphatic heterocycles. The van der Waals surface area contributed by atoms with Crippen LogP contribution in [0, 0.1) is 0 Å². The van der Waals surface area contributed by atoms with Crippen molar-refractivity contribution >= 4 is 17.6 Å². The number of hydrogen-bond acceptors (Lipinski definition) is 2. The molecule has 0 radical (unpaired) electrons. The first kappa shape index (κ1) is 13.4. The van der Waals surface area contributed by atoms with E-state index in [9.17, 15) is 9.90 Å². The van der Waals surface area contributed by atoms with Crippen LogP contribution >= 0.6 is 11.6 Å². The number of rotatable bonds is 4. The highest BCUT2D eigenvalue weighted by Gasteiger charge is 2.15. The van der Waals surface area contributed by atoms with Gasteiger partial charge in [-0.3, -0.25) is 0 Å². The van der Waals surface area contributed by atoms with Crippen LogP contribution in [0.4, 0.5) is 0 Å². The smallest absolute Gasteiger partial charge is 0.336 e. The Morgan fingerprint density at radius 3 is 2.63 bits per heavy atom. The molecule has 4 heteroatoms. The topological polar surface area (TPSA) is 46.5 Å². The Morgan fingerprint density at radius 2 is 1.95 bits per heavy atom. The molecule has 0 bridgehead atoms. The second-order valence-corrected chi connectivity index (χ2v) is 4.36. The minimum absolute atomic E-state index is 0.205. The molecule has 0 aromatic heterocycles. The summed E-state index contributed by atoms with van der Waals surface area (Å²) in [6, 6.07) is 12.0. The van der Waals surface area contributed by atoms with E-state index in [1.165, 1.54) is 6.07 Å². The molecule has 19 heavy (non-hydrogen) atoms. The lowest BCUT2D eigenvalue weighted by atomic mass is 9.99. The molecule has 2 aromatic carbocycles. The van der Waals surface area contributed by atoms with Gasteiger partial charge in [-0.25, -0.2) is 4.79 Å². The normalized spacial score (nSPS) is 10.2. The maximum absolute atomic E-state index is 11.3. The van der Waals surface area contributed by atoms with Gasteiger partial charge < -0.3 is 9.84 Å². The third kappa shape index (κ3) is 2.88. The quantitative estimate of drug-likeness (QED) is 0.914. The summed E-state index contributed by atoms with van der Waals surface area (Å²) in [6.07, 6.45) is 0. The Kier molecular flexibility index (Phi) is 4.07. The summed E-state index contributed by atoms with van der Waals surface area (Å²) in [6.45, 7) is 2.40. The number of ether oxygens (including phenoxy) is 1. The summed E-state index contributed by atoms with van der Waals surface area (Å²) < 4.78 is 5.53. The molecule has 0 spiro atoms. The molecule has 0 heterocycles. The van der Waals surface area contributed by atoms with Gasteiger partial charge in [0.05, 0.1) is 12.2 Å². The van der Waals surface area contributed by atoms with Crippen LogP contribution in [-0.2, 0) is 0 Å². The van der Waals surface area contributed by atoms with Gasteiger partial charge in [0, 0.05) is 16.1 Å². The van der Waals surface area contributed by atoms with Crippen molar-refractivity contribution in [1.82, 2.24) is 0 Å². The Balaban J connectivity index is 2.64. The van der Waals surface area contributed by atoms with E-state index >= 15 is 0 Å². The van der Waals surface area contributed by atoms with Crippen LogP contribution in [0.3, 0.4) is 0 Å². The number of hydrogen-bond donors (Lipinski definition) is 1. The number of carbonyl (C=O) groups is 1. The van der Waals surface area contributed by atoms with Gasteiger partial charge in [0.25, 0.3) is 0 Å². The van der Waals surface area contributed by atoms with Crippen LogP contribution in [-0.4, -0.2) is 17.7 Å². The number of benzene rings is 2. The second kappa shape index (κ2) is 5.76. The molecule has 98 valence electrons. The van der Waals surface area contributed by atoms with E-state index in [1.54, 1.807) is 12.1 Å². The van der Waals surface area contributed by atoms with Crippen molar-refractivity contribution in [2.24, 2.45) is 0 Å². The largest absolute Gasteiger partial charge is 0.493 e. The van der Waals surface area contributed by atoms with E-state index in [2.05, 4.69) is 0 Å². The fourth-order valence-corrected chi connectivity index (χ4v) is 2.07. The summed E-state index contributed by atoms with van der Waals surface area (Å²) in [7, 11) is 0. The van der Waals surface area contributed by atoms with Crippen molar-refractivity contribution < 1.29 is 14.6 Å². The van der Waals surface area contributed by atoms with Crippen molar-refractivity contribution in [3.05, 3.63) is 53.1 Å². The highest BCUT2D eigenvalue weighted by atomic mass is 35.5. The molecule has 0 atom stereocenters. The number of carboxylic acid groups (broad SMARTS) is 1. The molecule has 0 saturated carbocycles. The van der Waals surface area contributed by atoms with E-state index in [-0.39, 0.29) is 5.56 Å². The number of aromatic carboxylic acids is 1. The number of carboxylic acids is 1. The van der Waals surface area contributed by atoms with Gasteiger partial charge in [-0.15, -0.1) is 0 Å². The fraction of sp³-hybridized carbons (Fsp3) is 0.133. The SMILES string of the molecule is CCOc1ccccc1-c1cc(Cl)ccc1C(=O)O. The van der Waals surface area contributed by atoms with Gasteiger partial charge in [0.15, 0.2) is 0 Å². The van der Waals surface area contributed by atoms with Gasteiger partial charge in [0.2, 0.25) is 0 Å². The molecule has 3 nitrogen and oxygen atoms in total. The molecule has 0 saturated heterocycles. The van der Waals surface area contributed by atoms with Gasteiger partial charge in [-0.1, -0.05) is 29.8 Å². The van der Waals surface area contributed by atoms with Crippen LogP contribution in [0.2, 0.25) is 5.02 Å². The lowest BCUT2D eigenvalue weighted by molar-refractivity contribution is 0.0698. The zero-order valence-electron chi connectivity index (χ0n) is 10.4. The highest BCUT2D eigenvalue weighted by Crippen LogP contribution is 2.34. The van der Waals surface area contributed by atoms with Gasteiger partial charge in [-0.2, -0.15) is 0 Å². The maximum atomic E-state index is 11.3. The van der Waals surface area contributed by atoms with Crippen molar-refractivity contribution in [2.75, 3.05) is 6.61 Å². The first-order valence-corrected chi connectivity index (χ1v) is 6.26. The Morgan fingerprint density at radius 1 is 1.21 bits per heavy atom. The summed E-state index contributed by atoms with van der Waals surface area (Å²) >= 11 is 5.97. The summed E-state index contributed by atoms with van der Waals surface area (Å²) in [5.74, 6) is -0.340. The Labute approximate surface area is 116 Å². The minimum Gasteiger partial charge on any atom is -0.493 e. The van der Waals surface area contributed by atoms with Gasteiger partial charge >= 0.3 is 5.97 Å². The lowest BCUT2D eigenvalue weighted by Gasteiger charge is -2.12. The zero-order valence-corrected chi connectivity index (χ0v) is 11.1. The van der Waals surface area contributed by atoms with E-state index < -0.39 is 5.97 Å². The van der Waals surface area contributed by atoms with Crippen LogP contribution in [0.5, 0.6) is 5.75 Å². The van der Waals surface area contributed by atoms with Crippen molar-refractivity contribution in [2.45, 2.75) is 6.92 Å². The average molecular weight is 277 g/mol. The minimum atomic E-state index is -0.988. The molecule has 0 unspecified atom stereocenters. The van der Waals surface area contributed by atoms with Crippen molar-refractivity contribution in [3.63, 3.8) is 0 Å². The predicted molar refractivity (Wildman–Crippen MR) is 75.0 cm³/mol. The van der Waals surface area contributed by atoms with E-state index in [0.717, 1.165) is 5.56 Å². The monoisotopic (exact) mass is 276 g/mol. The first-order valence-electron chi connectivity index (χ1n) is 5.88. The molecule has 0 fully saturated rings. The van der Waals surface area contributed by atoms with Crippen molar-refractivity contribution in [1.29, 1.82) is 0 Å². The molecule has 2 aromatic rings. The molecule has 0 aliphatic rings. The molecule has 0 aliphatic carbocycles. The van der Waals surface area contributed by atoms with Crippen LogP contribution < -0.4 is 4.74 Å². The fourth-order valence-electron chi connectivity index (χ4n) is 1.90. The van der Waals surface area contributed by atoms with Crippen LogP contribution in [0.1, 0.15) is 17.3 Å². The third-order valence-corrected chi connectivity index (χ3v) is 2.92. The lowest BCUT2D eigenvalue weighted by Crippen LogP contribution is -2.01. The molecule has 1 N–H and O–H groups in total. The van der Waals surface area contributed by atoms with Gasteiger partial charge in [-0.05, 0) is 31.2 Å². The molecule has 2 rings (SSSR count). The standard InChI is InChI=1S/C15H13ClO3/c1-2-19-14-6-4-3-5-11(14)13-9-10(16)7-8-12(13)15(17)18/h3-9H,2H2,1H3,(H,17,18). The highest BCUT2D eigenvalue weighted by molar-refractivity contribution is 6.31. The zero-order chi connectivity index (χ0) is 13.8. The Bertz CT molecular complexity index is 608.